The molecule has 2 aromatic rings. The standard InChI is InChI=1S/C18H20N2O/c1-19-17(13-4-5-14-10-21-11-15(14)9-13)16-7-6-12-3-2-8-20-18(12)16/h2-5,8-9,16-17,19H,6-7,10-11H2,1H3. The molecule has 108 valence electrons. The molecule has 0 spiro atoms. The van der Waals surface area contributed by atoms with Crippen LogP contribution in [-0.2, 0) is 24.4 Å². The van der Waals surface area contributed by atoms with Gasteiger partial charge in [0.25, 0.3) is 0 Å². The first kappa shape index (κ1) is 13.0. The summed E-state index contributed by atoms with van der Waals surface area (Å²) < 4.78 is 5.53. The summed E-state index contributed by atoms with van der Waals surface area (Å²) in [5.74, 6) is 0.464. The normalized spacial score (nSPS) is 21.1. The number of pyridine rings is 1. The highest BCUT2D eigenvalue weighted by Gasteiger charge is 2.31. The van der Waals surface area contributed by atoms with Crippen LogP contribution in [0.1, 0.15) is 46.3 Å². The minimum Gasteiger partial charge on any atom is -0.372 e. The van der Waals surface area contributed by atoms with E-state index >= 15 is 0 Å². The first-order valence-electron chi connectivity index (χ1n) is 7.67. The number of nitrogens with one attached hydrogen (secondary N) is 1. The van der Waals surface area contributed by atoms with Crippen LogP contribution in [-0.4, -0.2) is 12.0 Å². The minimum atomic E-state index is 0.326. The minimum absolute atomic E-state index is 0.326. The molecule has 4 rings (SSSR count). The van der Waals surface area contributed by atoms with Gasteiger partial charge in [-0.25, -0.2) is 0 Å². The number of rotatable bonds is 3. The van der Waals surface area contributed by atoms with E-state index in [9.17, 15) is 0 Å². The van der Waals surface area contributed by atoms with Crippen molar-refractivity contribution in [2.24, 2.45) is 0 Å². The second-order valence-corrected chi connectivity index (χ2v) is 5.98. The van der Waals surface area contributed by atoms with Crippen LogP contribution in [0, 0.1) is 0 Å². The van der Waals surface area contributed by atoms with Crippen LogP contribution in [0.3, 0.4) is 0 Å². The van der Waals surface area contributed by atoms with Crippen LogP contribution in [0.15, 0.2) is 36.5 Å². The van der Waals surface area contributed by atoms with Crippen LogP contribution in [0.2, 0.25) is 0 Å². The molecule has 0 amide bonds. The van der Waals surface area contributed by atoms with Gasteiger partial charge in [-0.05, 0) is 48.2 Å². The molecule has 0 saturated heterocycles. The van der Waals surface area contributed by atoms with E-state index in [4.69, 9.17) is 4.74 Å². The number of hydrogen-bond acceptors (Lipinski definition) is 3. The maximum Gasteiger partial charge on any atom is 0.0725 e. The van der Waals surface area contributed by atoms with Crippen molar-refractivity contribution in [2.45, 2.75) is 38.0 Å². The smallest absolute Gasteiger partial charge is 0.0725 e. The number of likely N-dealkylation sites (N-methyl/N-ethyl adjacent to an activating group) is 1. The molecule has 2 unspecified atom stereocenters. The quantitative estimate of drug-likeness (QED) is 0.938. The van der Waals surface area contributed by atoms with Gasteiger partial charge in [0.05, 0.1) is 13.2 Å². The summed E-state index contributed by atoms with van der Waals surface area (Å²) in [5, 5.41) is 3.51. The van der Waals surface area contributed by atoms with Crippen molar-refractivity contribution in [3.05, 3.63) is 64.5 Å². The third-order valence-corrected chi connectivity index (χ3v) is 4.82. The summed E-state index contributed by atoms with van der Waals surface area (Å²) in [7, 11) is 2.05. The molecule has 0 fully saturated rings. The lowest BCUT2D eigenvalue weighted by Crippen LogP contribution is -2.23. The zero-order valence-corrected chi connectivity index (χ0v) is 12.3. The molecule has 0 radical (unpaired) electrons. The first-order valence-corrected chi connectivity index (χ1v) is 7.67. The van der Waals surface area contributed by atoms with Crippen molar-refractivity contribution in [1.82, 2.24) is 10.3 Å². The van der Waals surface area contributed by atoms with E-state index < -0.39 is 0 Å². The Morgan fingerprint density at radius 3 is 3.00 bits per heavy atom. The lowest BCUT2D eigenvalue weighted by molar-refractivity contribution is 0.134. The van der Waals surface area contributed by atoms with E-state index in [0.29, 0.717) is 12.0 Å². The molecule has 1 N–H and O–H groups in total. The fraction of sp³-hybridized carbons (Fsp3) is 0.389. The van der Waals surface area contributed by atoms with Crippen molar-refractivity contribution >= 4 is 0 Å². The van der Waals surface area contributed by atoms with E-state index in [-0.39, 0.29) is 0 Å². The Morgan fingerprint density at radius 2 is 2.10 bits per heavy atom. The van der Waals surface area contributed by atoms with Gasteiger partial charge in [0.1, 0.15) is 0 Å². The molecule has 1 aromatic heterocycles. The Morgan fingerprint density at radius 1 is 1.19 bits per heavy atom. The third kappa shape index (κ3) is 2.17. The Kier molecular flexibility index (Phi) is 3.24. The van der Waals surface area contributed by atoms with Gasteiger partial charge in [0, 0.05) is 23.9 Å². The molecule has 21 heavy (non-hydrogen) atoms. The fourth-order valence-electron chi connectivity index (χ4n) is 3.75. The van der Waals surface area contributed by atoms with Gasteiger partial charge in [-0.3, -0.25) is 4.98 Å². The lowest BCUT2D eigenvalue weighted by Gasteiger charge is -2.24. The topological polar surface area (TPSA) is 34.1 Å². The van der Waals surface area contributed by atoms with E-state index in [2.05, 4.69) is 41.6 Å². The van der Waals surface area contributed by atoms with Crippen molar-refractivity contribution in [3.63, 3.8) is 0 Å². The Balaban J connectivity index is 1.70. The van der Waals surface area contributed by atoms with Crippen LogP contribution < -0.4 is 5.32 Å². The summed E-state index contributed by atoms with van der Waals surface area (Å²) in [5.41, 5.74) is 6.71. The number of ether oxygens (including phenoxy) is 1. The van der Waals surface area contributed by atoms with E-state index in [1.54, 1.807) is 0 Å². The van der Waals surface area contributed by atoms with Gasteiger partial charge < -0.3 is 10.1 Å². The molecular weight excluding hydrogens is 260 g/mol. The summed E-state index contributed by atoms with van der Waals surface area (Å²) in [6, 6.07) is 11.4. The molecule has 2 atom stereocenters. The summed E-state index contributed by atoms with van der Waals surface area (Å²) >= 11 is 0. The molecule has 3 nitrogen and oxygen atoms in total. The number of nitrogens with zero attached hydrogens (tertiary/aromatic N) is 1. The number of aromatic nitrogens is 1. The Labute approximate surface area is 125 Å². The molecule has 3 heteroatoms. The maximum absolute atomic E-state index is 5.53. The third-order valence-electron chi connectivity index (χ3n) is 4.82. The van der Waals surface area contributed by atoms with Crippen LogP contribution >= 0.6 is 0 Å². The second-order valence-electron chi connectivity index (χ2n) is 5.98. The maximum atomic E-state index is 5.53. The van der Waals surface area contributed by atoms with Gasteiger partial charge in [-0.2, -0.15) is 0 Å². The van der Waals surface area contributed by atoms with Crippen LogP contribution in [0.5, 0.6) is 0 Å². The van der Waals surface area contributed by atoms with Crippen molar-refractivity contribution in [3.8, 4) is 0 Å². The predicted molar refractivity (Wildman–Crippen MR) is 82.0 cm³/mol. The number of aryl methyl sites for hydroxylation is 1. The number of fused-ring (bicyclic) bond motifs is 2. The Bertz CT molecular complexity index is 668. The monoisotopic (exact) mass is 280 g/mol. The lowest BCUT2D eigenvalue weighted by atomic mass is 9.89. The Hall–Kier alpha value is -1.71. The average molecular weight is 280 g/mol. The largest absolute Gasteiger partial charge is 0.372 e. The highest BCUT2D eigenvalue weighted by atomic mass is 16.5. The molecule has 1 aromatic carbocycles. The highest BCUT2D eigenvalue weighted by molar-refractivity contribution is 5.38. The van der Waals surface area contributed by atoms with Crippen LogP contribution in [0.25, 0.3) is 0 Å². The molecule has 0 saturated carbocycles. The summed E-state index contributed by atoms with van der Waals surface area (Å²) in [6.45, 7) is 1.51. The molecular formula is C18H20N2O. The summed E-state index contributed by atoms with van der Waals surface area (Å²) in [6.07, 6.45) is 4.23. The average Bonchev–Trinajstić information content (AvgIpc) is 3.15. The van der Waals surface area contributed by atoms with Crippen molar-refractivity contribution < 1.29 is 4.74 Å². The van der Waals surface area contributed by atoms with Gasteiger partial charge in [0.2, 0.25) is 0 Å². The second kappa shape index (κ2) is 5.24. The molecule has 1 aliphatic heterocycles. The zero-order chi connectivity index (χ0) is 14.2. The van der Waals surface area contributed by atoms with Gasteiger partial charge in [-0.1, -0.05) is 24.3 Å². The fourth-order valence-corrected chi connectivity index (χ4v) is 3.75. The SMILES string of the molecule is CNC(c1ccc2c(c1)COC2)C1CCc2cccnc21. The molecule has 1 aliphatic carbocycles. The molecule has 0 bridgehead atoms. The zero-order valence-electron chi connectivity index (χ0n) is 12.3. The van der Waals surface area contributed by atoms with Crippen molar-refractivity contribution in [2.75, 3.05) is 7.05 Å². The molecule has 2 aliphatic rings. The number of hydrogen-bond donors (Lipinski definition) is 1. The molecule has 2 heterocycles. The summed E-state index contributed by atoms with van der Waals surface area (Å²) in [4.78, 5) is 4.64. The predicted octanol–water partition coefficient (Wildman–Crippen LogP) is 3.10. The highest BCUT2D eigenvalue weighted by Crippen LogP contribution is 2.40. The van der Waals surface area contributed by atoms with Gasteiger partial charge >= 0.3 is 0 Å². The van der Waals surface area contributed by atoms with E-state index in [0.717, 1.165) is 19.6 Å². The van der Waals surface area contributed by atoms with Crippen molar-refractivity contribution in [1.29, 1.82) is 0 Å². The van der Waals surface area contributed by atoms with Gasteiger partial charge in [-0.15, -0.1) is 0 Å². The van der Waals surface area contributed by atoms with Crippen LogP contribution in [0.4, 0.5) is 0 Å². The first-order chi connectivity index (χ1) is 10.4. The van der Waals surface area contributed by atoms with E-state index in [1.807, 2.05) is 12.3 Å². The number of benzene rings is 1. The van der Waals surface area contributed by atoms with Gasteiger partial charge in [0.15, 0.2) is 0 Å². The van der Waals surface area contributed by atoms with E-state index in [1.165, 1.54) is 34.4 Å².